The molecule has 356 valence electrons. The monoisotopic (exact) mass is 1010 g/mol. The van der Waals surface area contributed by atoms with E-state index in [1.165, 1.54) is 0 Å². The molecule has 2 nitrogen and oxygen atoms in total. The average molecular weight is 1010 g/mol. The molecule has 0 saturated heterocycles. The number of benzene rings is 11. The summed E-state index contributed by atoms with van der Waals surface area (Å²) in [6.45, 7) is -16.7. The van der Waals surface area contributed by atoms with Crippen LogP contribution in [-0.4, -0.2) is 0 Å². The highest BCUT2D eigenvalue weighted by atomic mass is 15.2. The number of hydrogen-bond donors (Lipinski definition) is 0. The van der Waals surface area contributed by atoms with E-state index >= 15 is 0 Å². The Hall–Kier alpha value is -8.98. The molecule has 0 bridgehead atoms. The molecular formula is C73H54N2. The molecular weight excluding hydrogens is 905 g/mol. The number of fused-ring (bicyclic) bond motifs is 16. The van der Waals surface area contributed by atoms with Crippen LogP contribution in [0.1, 0.15) is 143 Å². The Bertz CT molecular complexity index is 6910. The molecule has 1 unspecified atom stereocenters. The molecule has 75 heavy (non-hydrogen) atoms. The number of nitrogens with zero attached hydrogens (tertiary/aromatic N) is 2. The van der Waals surface area contributed by atoms with Gasteiger partial charge in [0.15, 0.2) is 0 Å². The highest BCUT2D eigenvalue weighted by Gasteiger charge is 2.52. The summed E-state index contributed by atoms with van der Waals surface area (Å²) in [6, 6.07) is -53.7. The van der Waals surface area contributed by atoms with Gasteiger partial charge in [-0.25, -0.2) is 0 Å². The second-order valence-electron chi connectivity index (χ2n) is 17.2. The van der Waals surface area contributed by atoms with Gasteiger partial charge in [0.1, 0.15) is 0 Å². The maximum absolute atomic E-state index is 10.5. The summed E-state index contributed by atoms with van der Waals surface area (Å²) in [6.07, 6.45) is 0. The third-order valence-corrected chi connectivity index (χ3v) is 13.5. The van der Waals surface area contributed by atoms with E-state index in [1.807, 2.05) is 0 Å². The molecule has 1 spiro atoms. The molecule has 1 atom stereocenters. The summed E-state index contributed by atoms with van der Waals surface area (Å²) < 4.78 is 494. The van der Waals surface area contributed by atoms with Crippen molar-refractivity contribution in [2.24, 2.45) is 0 Å². The van der Waals surface area contributed by atoms with E-state index < -0.39 is 420 Å². The fourth-order valence-corrected chi connectivity index (χ4v) is 10.4. The van der Waals surface area contributed by atoms with E-state index in [9.17, 15) is 50.7 Å². The molecule has 0 aromatic heterocycles. The summed E-state index contributed by atoms with van der Waals surface area (Å²) in [4.78, 5) is 0.261. The van der Waals surface area contributed by atoms with E-state index in [0.717, 1.165) is 6.07 Å². The van der Waals surface area contributed by atoms with Gasteiger partial charge in [0.05, 0.1) is 77.3 Å². The average Bonchev–Trinajstić information content (AvgIpc) is 1.48. The summed E-state index contributed by atoms with van der Waals surface area (Å²) in [5, 5.41) is 0. The van der Waals surface area contributed by atoms with Crippen LogP contribution in [0.15, 0.2) is 254 Å². The van der Waals surface area contributed by atoms with Gasteiger partial charge >= 0.3 is 0 Å². The fraction of sp³-hybridized carbons (Fsp3) is 0.0959. The Morgan fingerprint density at radius 1 is 0.280 bits per heavy atom. The van der Waals surface area contributed by atoms with Crippen LogP contribution in [0.3, 0.4) is 0 Å². The molecule has 0 fully saturated rings. The number of para-hydroxylation sites is 1. The standard InChI is InChI=1S/C73H54N2/c1-71(2)57-28-13-10-25-54(57)68-62(71)33-18-36-65(68)74(49-21-6-5-7-22-49)50-43-39-47(40-44-50)48-41-45-51(46-42-48)75(66-37-19-34-63-69(66)55-26-11-14-29-58(55)72(63,3)4)67-38-20-35-64-70(67)56-27-12-17-32-61(56)73(64)59-30-15-8-23-52(59)53-24-9-16-31-60(53)73/h5-46H,1-4H3/i1D3,2D3,3D3,4D3,5D,6D,7D,8D,9D,10D,11D,12D,13D,14D,15D,16D,17D,18D,19D,20D,21D,22D,23D,24D,26D,27D,28D,29D,30D,32D,33D,34D,35D,36D,37D,38D,39D,40D,41D,42D,43D,44D,45D,46D. The van der Waals surface area contributed by atoms with Crippen molar-refractivity contribution in [2.45, 2.75) is 43.7 Å². The molecule has 4 aliphatic carbocycles. The third-order valence-electron chi connectivity index (χ3n) is 13.5. The molecule has 0 heterocycles. The predicted molar refractivity (Wildman–Crippen MR) is 313 cm³/mol. The van der Waals surface area contributed by atoms with Gasteiger partial charge in [0.2, 0.25) is 0 Å². The SMILES string of the molecule is [2H]c1cc2c(c([2H])c1[2H])-c1c([2H])c([2H])c([2H])c([2H])c1C21c2c([2H])c([2H])c([2H])c([2H])c2-c2c(N(c3c([2H])c([2H])c(-c4c([2H])c([2H])c(N(c5c([2H])c([2H])c([2H])c([2H])c5[2H])c5c([2H])c([2H])c([2H])c6c5-c5cc([2H])c([2H])c([2H])c5C6(C([2H])([2H])[2H])C([2H])([2H])[2H])c([2H])c4[2H])c([2H])c3[2H])c3c([2H])c([2H])c([2H])c4c3-c3c([2H])c([2H])c([2H])c([2H])c3C4(C([2H])([2H])[2H])C([2H])([2H])[2H])c([2H])c([2H])c([2H])c21. The second-order valence-corrected chi connectivity index (χ2v) is 17.2. The first-order valence-electron chi connectivity index (χ1n) is 48.2. The Labute approximate surface area is 513 Å². The van der Waals surface area contributed by atoms with Crippen molar-refractivity contribution in [3.8, 4) is 55.6 Å². The normalized spacial score (nSPS) is 26.5. The molecule has 11 aromatic rings. The van der Waals surface area contributed by atoms with Crippen LogP contribution in [-0.2, 0) is 16.2 Å². The zero-order valence-electron chi connectivity index (χ0n) is 89.5. The Balaban J connectivity index is 1.15. The van der Waals surface area contributed by atoms with Crippen molar-refractivity contribution >= 4 is 34.1 Å². The smallest absolute Gasteiger partial charge is 0.0726 e. The maximum Gasteiger partial charge on any atom is 0.0726 e. The van der Waals surface area contributed by atoms with E-state index in [-0.39, 0.29) is 9.80 Å². The molecule has 0 aliphatic heterocycles. The highest BCUT2D eigenvalue weighted by Crippen LogP contribution is 2.65. The van der Waals surface area contributed by atoms with Crippen LogP contribution in [0.4, 0.5) is 34.1 Å². The van der Waals surface area contributed by atoms with Crippen molar-refractivity contribution in [2.75, 3.05) is 9.80 Å². The minimum absolute atomic E-state index is 0.112. The lowest BCUT2D eigenvalue weighted by molar-refractivity contribution is 0.660. The van der Waals surface area contributed by atoms with Crippen LogP contribution in [0, 0.1) is 0 Å². The lowest BCUT2D eigenvalue weighted by Crippen LogP contribution is -2.26. The van der Waals surface area contributed by atoms with Crippen LogP contribution in [0.2, 0.25) is 0 Å². The van der Waals surface area contributed by atoms with Crippen LogP contribution in [0.25, 0.3) is 55.6 Å². The van der Waals surface area contributed by atoms with Crippen molar-refractivity contribution < 1.29 is 71.3 Å². The summed E-state index contributed by atoms with van der Waals surface area (Å²) in [5.74, 6) is 0. The topological polar surface area (TPSA) is 6.48 Å². The maximum atomic E-state index is 10.5. The lowest BCUT2D eigenvalue weighted by Gasteiger charge is -2.32. The van der Waals surface area contributed by atoms with E-state index in [4.69, 9.17) is 20.6 Å². The van der Waals surface area contributed by atoms with Crippen LogP contribution in [0.5, 0.6) is 0 Å². The first kappa shape index (κ1) is 16.0. The van der Waals surface area contributed by atoms with E-state index in [1.54, 1.807) is 0 Å². The Morgan fingerprint density at radius 2 is 0.667 bits per heavy atom. The van der Waals surface area contributed by atoms with Crippen molar-refractivity contribution in [1.82, 2.24) is 0 Å². The zero-order valence-corrected chi connectivity index (χ0v) is 37.5. The van der Waals surface area contributed by atoms with Gasteiger partial charge in [-0.05, 0) is 138 Å². The van der Waals surface area contributed by atoms with E-state index in [0.29, 0.717) is 6.07 Å². The molecule has 11 aromatic carbocycles. The number of rotatable bonds is 7. The zero-order chi connectivity index (χ0) is 95.0. The summed E-state index contributed by atoms with van der Waals surface area (Å²) in [7, 11) is 0. The largest absolute Gasteiger partial charge is 0.310 e. The van der Waals surface area contributed by atoms with Gasteiger partial charge in [0, 0.05) is 61.0 Å². The lowest BCUT2D eigenvalue weighted by atomic mass is 9.70. The van der Waals surface area contributed by atoms with Gasteiger partial charge in [0.25, 0.3) is 0 Å². The Kier molecular flexibility index (Phi) is 3.42. The second kappa shape index (κ2) is 16.0. The number of hydrogen-bond acceptors (Lipinski definition) is 2. The van der Waals surface area contributed by atoms with Gasteiger partial charge in [-0.1, -0.05) is 227 Å². The van der Waals surface area contributed by atoms with Crippen molar-refractivity contribution in [3.05, 3.63) is 298 Å². The molecule has 0 saturated carbocycles. The summed E-state index contributed by atoms with van der Waals surface area (Å²) >= 11 is 0. The Morgan fingerprint density at radius 3 is 1.28 bits per heavy atom. The van der Waals surface area contributed by atoms with Crippen molar-refractivity contribution in [1.29, 1.82) is 0 Å². The molecule has 0 radical (unpaired) electrons. The van der Waals surface area contributed by atoms with Crippen LogP contribution < -0.4 is 9.80 Å². The van der Waals surface area contributed by atoms with Gasteiger partial charge in [-0.3, -0.25) is 0 Å². The molecule has 0 amide bonds. The van der Waals surface area contributed by atoms with Crippen LogP contribution >= 0.6 is 0 Å². The molecule has 0 N–H and O–H groups in total. The minimum Gasteiger partial charge on any atom is -0.310 e. The first-order chi connectivity index (χ1) is 58.4. The molecule has 4 aliphatic rings. The number of anilines is 6. The predicted octanol–water partition coefficient (Wildman–Crippen LogP) is 19.2. The highest BCUT2D eigenvalue weighted by molar-refractivity contribution is 6.04. The molecule has 15 rings (SSSR count). The fourth-order valence-electron chi connectivity index (χ4n) is 10.4. The third kappa shape index (κ3) is 5.97. The van der Waals surface area contributed by atoms with Gasteiger partial charge < -0.3 is 9.80 Å². The van der Waals surface area contributed by atoms with Crippen molar-refractivity contribution in [3.63, 3.8) is 0 Å². The first-order valence-corrected chi connectivity index (χ1v) is 22.2. The van der Waals surface area contributed by atoms with Gasteiger partial charge in [-0.2, -0.15) is 0 Å². The quantitative estimate of drug-likeness (QED) is 0.157. The minimum atomic E-state index is -4.28. The molecule has 2 heteroatoms. The van der Waals surface area contributed by atoms with E-state index in [2.05, 4.69) is 0 Å². The summed E-state index contributed by atoms with van der Waals surface area (Å²) in [5.41, 5.74) is -40.2. The van der Waals surface area contributed by atoms with Gasteiger partial charge in [-0.15, -0.1) is 0 Å².